The average molecular weight is 329 g/mol. The Balaban J connectivity index is 1.58. The molecular weight excluding hydrogens is 310 g/mol. The van der Waals surface area contributed by atoms with E-state index in [1.165, 1.54) is 22.6 Å². The van der Waals surface area contributed by atoms with Gasteiger partial charge in [-0.2, -0.15) is 5.10 Å². The van der Waals surface area contributed by atoms with E-state index in [4.69, 9.17) is 5.73 Å². The number of nitrogens with two attached hydrogens (primary N) is 1. The SMILES string of the molecule is Nc1ccc2c(c1)CCCC2NC(=O)CCn1cc([N+](=O)[O-])cn1. The van der Waals surface area contributed by atoms with E-state index in [-0.39, 0.29) is 24.1 Å². The number of amides is 1. The number of nitro groups is 1. The molecule has 0 spiro atoms. The topological polar surface area (TPSA) is 116 Å². The Labute approximate surface area is 138 Å². The first-order chi connectivity index (χ1) is 11.5. The van der Waals surface area contributed by atoms with Crippen LogP contribution >= 0.6 is 0 Å². The van der Waals surface area contributed by atoms with Gasteiger partial charge in [0.25, 0.3) is 0 Å². The molecule has 0 saturated carbocycles. The van der Waals surface area contributed by atoms with Gasteiger partial charge in [0, 0.05) is 18.7 Å². The highest BCUT2D eigenvalue weighted by atomic mass is 16.6. The quantitative estimate of drug-likeness (QED) is 0.494. The molecule has 0 saturated heterocycles. The zero-order valence-corrected chi connectivity index (χ0v) is 13.1. The van der Waals surface area contributed by atoms with Crippen molar-refractivity contribution < 1.29 is 9.72 Å². The fraction of sp³-hybridized carbons (Fsp3) is 0.375. The van der Waals surface area contributed by atoms with Gasteiger partial charge < -0.3 is 11.1 Å². The number of nitrogens with zero attached hydrogens (tertiary/aromatic N) is 3. The molecule has 1 atom stereocenters. The summed E-state index contributed by atoms with van der Waals surface area (Å²) in [5.74, 6) is -0.0946. The fourth-order valence-corrected chi connectivity index (χ4v) is 3.04. The summed E-state index contributed by atoms with van der Waals surface area (Å²) in [6.07, 6.45) is 5.61. The third kappa shape index (κ3) is 3.53. The summed E-state index contributed by atoms with van der Waals surface area (Å²) in [5.41, 5.74) is 8.79. The van der Waals surface area contributed by atoms with Crippen molar-refractivity contribution in [2.45, 2.75) is 38.3 Å². The molecule has 126 valence electrons. The molecule has 1 aromatic heterocycles. The van der Waals surface area contributed by atoms with Crippen LogP contribution in [-0.4, -0.2) is 20.6 Å². The van der Waals surface area contributed by atoms with Gasteiger partial charge in [-0.15, -0.1) is 0 Å². The third-order valence-corrected chi connectivity index (χ3v) is 4.21. The molecule has 0 radical (unpaired) electrons. The first kappa shape index (κ1) is 16.0. The molecule has 1 heterocycles. The van der Waals surface area contributed by atoms with Crippen LogP contribution in [0.25, 0.3) is 0 Å². The second kappa shape index (κ2) is 6.69. The Kier molecular flexibility index (Phi) is 4.45. The van der Waals surface area contributed by atoms with Crippen LogP contribution in [0.15, 0.2) is 30.6 Å². The van der Waals surface area contributed by atoms with Crippen molar-refractivity contribution in [3.05, 3.63) is 51.8 Å². The molecule has 2 aromatic rings. The lowest BCUT2D eigenvalue weighted by Crippen LogP contribution is -2.31. The minimum Gasteiger partial charge on any atom is -0.399 e. The van der Waals surface area contributed by atoms with Gasteiger partial charge in [-0.25, -0.2) is 0 Å². The molecule has 8 nitrogen and oxygen atoms in total. The monoisotopic (exact) mass is 329 g/mol. The van der Waals surface area contributed by atoms with E-state index in [0.29, 0.717) is 6.54 Å². The number of rotatable bonds is 5. The number of benzene rings is 1. The fourth-order valence-electron chi connectivity index (χ4n) is 3.04. The van der Waals surface area contributed by atoms with E-state index < -0.39 is 4.92 Å². The van der Waals surface area contributed by atoms with E-state index in [1.807, 2.05) is 18.2 Å². The highest BCUT2D eigenvalue weighted by Crippen LogP contribution is 2.31. The summed E-state index contributed by atoms with van der Waals surface area (Å²) in [4.78, 5) is 22.3. The summed E-state index contributed by atoms with van der Waals surface area (Å²) in [6, 6.07) is 5.79. The molecule has 3 rings (SSSR count). The van der Waals surface area contributed by atoms with E-state index in [2.05, 4.69) is 10.4 Å². The van der Waals surface area contributed by atoms with Crippen LogP contribution in [0.3, 0.4) is 0 Å². The highest BCUT2D eigenvalue weighted by Gasteiger charge is 2.21. The number of anilines is 1. The normalized spacial score (nSPS) is 16.4. The van der Waals surface area contributed by atoms with Crippen molar-refractivity contribution in [3.8, 4) is 0 Å². The van der Waals surface area contributed by atoms with Gasteiger partial charge in [0.2, 0.25) is 5.91 Å². The summed E-state index contributed by atoms with van der Waals surface area (Å²) >= 11 is 0. The van der Waals surface area contributed by atoms with Crippen molar-refractivity contribution >= 4 is 17.3 Å². The minimum atomic E-state index is -0.506. The summed E-state index contributed by atoms with van der Waals surface area (Å²) in [5, 5.41) is 17.5. The van der Waals surface area contributed by atoms with Gasteiger partial charge in [-0.1, -0.05) is 6.07 Å². The van der Waals surface area contributed by atoms with E-state index in [0.717, 1.165) is 30.5 Å². The van der Waals surface area contributed by atoms with Crippen LogP contribution in [-0.2, 0) is 17.8 Å². The number of nitrogens with one attached hydrogen (secondary N) is 1. The molecule has 0 fully saturated rings. The van der Waals surface area contributed by atoms with Gasteiger partial charge in [0.1, 0.15) is 12.4 Å². The summed E-state index contributed by atoms with van der Waals surface area (Å²) < 4.78 is 1.41. The zero-order valence-electron chi connectivity index (χ0n) is 13.1. The van der Waals surface area contributed by atoms with Gasteiger partial charge in [0.05, 0.1) is 11.0 Å². The number of hydrogen-bond donors (Lipinski definition) is 2. The van der Waals surface area contributed by atoms with Crippen molar-refractivity contribution in [1.29, 1.82) is 0 Å². The molecule has 0 bridgehead atoms. The molecule has 1 amide bonds. The summed E-state index contributed by atoms with van der Waals surface area (Å²) in [6.45, 7) is 0.307. The maximum Gasteiger partial charge on any atom is 0.306 e. The van der Waals surface area contributed by atoms with E-state index >= 15 is 0 Å². The van der Waals surface area contributed by atoms with Crippen LogP contribution in [0.4, 0.5) is 11.4 Å². The van der Waals surface area contributed by atoms with Crippen molar-refractivity contribution in [1.82, 2.24) is 15.1 Å². The van der Waals surface area contributed by atoms with Crippen LogP contribution < -0.4 is 11.1 Å². The number of hydrogen-bond acceptors (Lipinski definition) is 5. The Morgan fingerprint density at radius 1 is 1.50 bits per heavy atom. The Bertz CT molecular complexity index is 771. The predicted molar refractivity (Wildman–Crippen MR) is 88.2 cm³/mol. The van der Waals surface area contributed by atoms with Crippen LogP contribution in [0.1, 0.15) is 36.4 Å². The Morgan fingerprint density at radius 3 is 3.08 bits per heavy atom. The molecule has 1 aromatic carbocycles. The molecule has 1 unspecified atom stereocenters. The second-order valence-corrected chi connectivity index (χ2v) is 5.94. The Morgan fingerprint density at radius 2 is 2.33 bits per heavy atom. The van der Waals surface area contributed by atoms with Crippen molar-refractivity contribution in [2.75, 3.05) is 5.73 Å². The van der Waals surface area contributed by atoms with Gasteiger partial charge in [0.15, 0.2) is 0 Å². The van der Waals surface area contributed by atoms with Crippen LogP contribution in [0, 0.1) is 10.1 Å². The van der Waals surface area contributed by atoms with E-state index in [1.54, 1.807) is 0 Å². The molecule has 1 aliphatic carbocycles. The zero-order chi connectivity index (χ0) is 17.1. The smallest absolute Gasteiger partial charge is 0.306 e. The third-order valence-electron chi connectivity index (χ3n) is 4.21. The molecule has 1 aliphatic rings. The molecular formula is C16H19N5O3. The van der Waals surface area contributed by atoms with E-state index in [9.17, 15) is 14.9 Å². The maximum absolute atomic E-state index is 12.2. The molecule has 8 heteroatoms. The second-order valence-electron chi connectivity index (χ2n) is 5.94. The number of aromatic nitrogens is 2. The predicted octanol–water partition coefficient (Wildman–Crippen LogP) is 1.96. The minimum absolute atomic E-state index is 0.00573. The first-order valence-corrected chi connectivity index (χ1v) is 7.87. The van der Waals surface area contributed by atoms with Gasteiger partial charge in [-0.3, -0.25) is 19.6 Å². The van der Waals surface area contributed by atoms with Crippen molar-refractivity contribution in [3.63, 3.8) is 0 Å². The number of fused-ring (bicyclic) bond motifs is 1. The standard InChI is InChI=1S/C16H19N5O3/c17-12-4-5-14-11(8-12)2-1-3-15(14)19-16(22)6-7-20-10-13(9-18-20)21(23)24/h4-5,8-10,15H,1-3,6-7,17H2,(H,19,22). The lowest BCUT2D eigenvalue weighted by atomic mass is 9.87. The van der Waals surface area contributed by atoms with Gasteiger partial charge >= 0.3 is 5.69 Å². The lowest BCUT2D eigenvalue weighted by molar-refractivity contribution is -0.385. The maximum atomic E-state index is 12.2. The Hall–Kier alpha value is -2.90. The lowest BCUT2D eigenvalue weighted by Gasteiger charge is -2.26. The van der Waals surface area contributed by atoms with Gasteiger partial charge in [-0.05, 0) is 42.5 Å². The summed E-state index contributed by atoms with van der Waals surface area (Å²) in [7, 11) is 0. The molecule has 3 N–H and O–H groups in total. The number of nitrogen functional groups attached to an aromatic ring is 1. The highest BCUT2D eigenvalue weighted by molar-refractivity contribution is 5.76. The van der Waals surface area contributed by atoms with Crippen LogP contribution in [0.5, 0.6) is 0 Å². The average Bonchev–Trinajstić information content (AvgIpc) is 3.02. The molecule has 0 aliphatic heterocycles. The number of carbonyl (C=O) groups excluding carboxylic acids is 1. The van der Waals surface area contributed by atoms with Crippen molar-refractivity contribution in [2.24, 2.45) is 0 Å². The largest absolute Gasteiger partial charge is 0.399 e. The number of aryl methyl sites for hydroxylation is 2. The number of carbonyl (C=O) groups is 1. The van der Waals surface area contributed by atoms with Crippen LogP contribution in [0.2, 0.25) is 0 Å². The molecule has 24 heavy (non-hydrogen) atoms. The first-order valence-electron chi connectivity index (χ1n) is 7.87.